The smallest absolute Gasteiger partial charge is 0.338 e. The van der Waals surface area contributed by atoms with Crippen LogP contribution in [0.4, 0.5) is 5.69 Å². The Balaban J connectivity index is 1.54. The van der Waals surface area contributed by atoms with Gasteiger partial charge in [0.05, 0.1) is 17.9 Å². The van der Waals surface area contributed by atoms with Crippen molar-refractivity contribution in [1.29, 1.82) is 0 Å². The normalized spacial score (nSPS) is 10.8. The molecule has 0 bridgehead atoms. The maximum Gasteiger partial charge on any atom is 0.338 e. The quantitative estimate of drug-likeness (QED) is 0.164. The summed E-state index contributed by atoms with van der Waals surface area (Å²) in [4.78, 5) is 28.0. The van der Waals surface area contributed by atoms with Gasteiger partial charge in [0, 0.05) is 6.20 Å². The number of ether oxygens (including phenoxy) is 1. The first kappa shape index (κ1) is 30.3. The molecule has 1 heterocycles. The second-order valence-corrected chi connectivity index (χ2v) is 9.81. The van der Waals surface area contributed by atoms with Gasteiger partial charge in [-0.05, 0) is 30.7 Å². The maximum atomic E-state index is 12.6. The van der Waals surface area contributed by atoms with Crippen LogP contribution in [0.15, 0.2) is 42.6 Å². The molecule has 2 aromatic rings. The van der Waals surface area contributed by atoms with Gasteiger partial charge in [-0.3, -0.25) is 9.78 Å². The zero-order chi connectivity index (χ0) is 26.6. The molecule has 204 valence electrons. The van der Waals surface area contributed by atoms with Crippen LogP contribution in [-0.2, 0) is 0 Å². The van der Waals surface area contributed by atoms with E-state index in [1.807, 2.05) is 6.07 Å². The molecule has 0 unspecified atom stereocenters. The molecule has 0 aliphatic rings. The minimum Gasteiger partial charge on any atom is -0.491 e. The lowest BCUT2D eigenvalue weighted by atomic mass is 10.0. The number of carbonyl (C=O) groups excluding carboxylic acids is 1. The number of nitrogens with one attached hydrogen (secondary N) is 1. The zero-order valence-corrected chi connectivity index (χ0v) is 22.7. The predicted octanol–water partition coefficient (Wildman–Crippen LogP) is 8.67. The molecule has 6 heteroatoms. The summed E-state index contributed by atoms with van der Waals surface area (Å²) in [5.74, 6) is -1.19. The first-order valence-electron chi connectivity index (χ1n) is 14.3. The number of nitrogens with zero attached hydrogens (tertiary/aromatic N) is 1. The fourth-order valence-corrected chi connectivity index (χ4v) is 4.47. The third kappa shape index (κ3) is 12.8. The fourth-order valence-electron chi connectivity index (χ4n) is 4.47. The number of pyridine rings is 1. The predicted molar refractivity (Wildman–Crippen MR) is 151 cm³/mol. The second kappa shape index (κ2) is 19.3. The van der Waals surface area contributed by atoms with Gasteiger partial charge in [0.1, 0.15) is 11.4 Å². The number of hydrogen-bond acceptors (Lipinski definition) is 4. The lowest BCUT2D eigenvalue weighted by molar-refractivity contribution is 0.0691. The number of anilines is 1. The number of aromatic nitrogens is 1. The third-order valence-electron chi connectivity index (χ3n) is 6.64. The summed E-state index contributed by atoms with van der Waals surface area (Å²) >= 11 is 0. The van der Waals surface area contributed by atoms with Crippen LogP contribution in [0.2, 0.25) is 0 Å². The van der Waals surface area contributed by atoms with Gasteiger partial charge in [-0.15, -0.1) is 0 Å². The Bertz CT molecular complexity index is 916. The fraction of sp³-hybridized carbons (Fsp3) is 0.581. The third-order valence-corrected chi connectivity index (χ3v) is 6.64. The van der Waals surface area contributed by atoms with Crippen LogP contribution in [-0.4, -0.2) is 28.6 Å². The average molecular weight is 511 g/mol. The standard InChI is InChI=1S/C31H46N2O4/c1-2-3-4-5-6-7-8-9-10-11-12-13-14-15-16-19-25-37-28-23-18-17-22-27(28)33-30(34)29-26(31(35)36)21-20-24-32-29/h17-18,20-24H,2-16,19,25H2,1H3,(H,33,34)(H,35,36). The van der Waals surface area contributed by atoms with Gasteiger partial charge in [0.2, 0.25) is 0 Å². The molecule has 0 fully saturated rings. The highest BCUT2D eigenvalue weighted by molar-refractivity contribution is 6.09. The highest BCUT2D eigenvalue weighted by Gasteiger charge is 2.18. The van der Waals surface area contributed by atoms with Crippen LogP contribution in [0.1, 0.15) is 131 Å². The van der Waals surface area contributed by atoms with Crippen molar-refractivity contribution < 1.29 is 19.4 Å². The van der Waals surface area contributed by atoms with Gasteiger partial charge in [0.15, 0.2) is 0 Å². The van der Waals surface area contributed by atoms with E-state index in [1.165, 1.54) is 108 Å². The molecule has 1 aromatic heterocycles. The van der Waals surface area contributed by atoms with Crippen molar-refractivity contribution in [1.82, 2.24) is 4.98 Å². The average Bonchev–Trinajstić information content (AvgIpc) is 2.91. The van der Waals surface area contributed by atoms with Crippen LogP contribution < -0.4 is 10.1 Å². The Morgan fingerprint density at radius 2 is 1.30 bits per heavy atom. The van der Waals surface area contributed by atoms with Crippen molar-refractivity contribution in [3.63, 3.8) is 0 Å². The van der Waals surface area contributed by atoms with Crippen LogP contribution in [0.5, 0.6) is 5.75 Å². The first-order chi connectivity index (χ1) is 18.1. The van der Waals surface area contributed by atoms with Crippen molar-refractivity contribution in [2.75, 3.05) is 11.9 Å². The minimum atomic E-state index is -1.19. The van der Waals surface area contributed by atoms with Crippen molar-refractivity contribution in [3.05, 3.63) is 53.9 Å². The molecule has 0 radical (unpaired) electrons. The summed E-state index contributed by atoms with van der Waals surface area (Å²) in [6, 6.07) is 10.1. The number of hydrogen-bond donors (Lipinski definition) is 2. The molecule has 37 heavy (non-hydrogen) atoms. The highest BCUT2D eigenvalue weighted by Crippen LogP contribution is 2.25. The molecule has 0 aliphatic heterocycles. The first-order valence-corrected chi connectivity index (χ1v) is 14.3. The number of para-hydroxylation sites is 2. The Hall–Kier alpha value is -2.89. The zero-order valence-electron chi connectivity index (χ0n) is 22.7. The van der Waals surface area contributed by atoms with E-state index in [0.717, 1.165) is 12.8 Å². The summed E-state index contributed by atoms with van der Waals surface area (Å²) < 4.78 is 5.92. The lowest BCUT2D eigenvalue weighted by Gasteiger charge is -2.13. The molecule has 6 nitrogen and oxygen atoms in total. The molecule has 0 saturated heterocycles. The number of rotatable bonds is 21. The topological polar surface area (TPSA) is 88.5 Å². The van der Waals surface area contributed by atoms with Crippen molar-refractivity contribution >= 4 is 17.6 Å². The number of unbranched alkanes of at least 4 members (excludes halogenated alkanes) is 15. The molecule has 1 amide bonds. The number of amides is 1. The number of aromatic carboxylic acids is 1. The van der Waals surface area contributed by atoms with E-state index in [9.17, 15) is 14.7 Å². The molecule has 0 atom stereocenters. The van der Waals surface area contributed by atoms with Gasteiger partial charge >= 0.3 is 5.97 Å². The molecule has 1 aromatic carbocycles. The Morgan fingerprint density at radius 1 is 0.757 bits per heavy atom. The van der Waals surface area contributed by atoms with Crippen molar-refractivity contribution in [2.24, 2.45) is 0 Å². The van der Waals surface area contributed by atoms with E-state index < -0.39 is 11.9 Å². The molecule has 0 spiro atoms. The van der Waals surface area contributed by atoms with Crippen LogP contribution in [0.3, 0.4) is 0 Å². The van der Waals surface area contributed by atoms with Gasteiger partial charge in [-0.1, -0.05) is 115 Å². The largest absolute Gasteiger partial charge is 0.491 e. The van der Waals surface area contributed by atoms with Crippen molar-refractivity contribution in [3.8, 4) is 5.75 Å². The van der Waals surface area contributed by atoms with Gasteiger partial charge < -0.3 is 15.2 Å². The van der Waals surface area contributed by atoms with E-state index in [1.54, 1.807) is 18.2 Å². The van der Waals surface area contributed by atoms with Crippen LogP contribution in [0.25, 0.3) is 0 Å². The van der Waals surface area contributed by atoms with E-state index in [4.69, 9.17) is 4.74 Å². The SMILES string of the molecule is CCCCCCCCCCCCCCCCCCOc1ccccc1NC(=O)c1ncccc1C(=O)O. The second-order valence-electron chi connectivity index (χ2n) is 9.81. The molecular weight excluding hydrogens is 464 g/mol. The summed E-state index contributed by atoms with van der Waals surface area (Å²) in [7, 11) is 0. The molecular formula is C31H46N2O4. The number of benzene rings is 1. The van der Waals surface area contributed by atoms with Gasteiger partial charge in [0.25, 0.3) is 5.91 Å². The Morgan fingerprint density at radius 3 is 1.86 bits per heavy atom. The minimum absolute atomic E-state index is 0.123. The van der Waals surface area contributed by atoms with Crippen molar-refractivity contribution in [2.45, 2.75) is 110 Å². The van der Waals surface area contributed by atoms with Crippen LogP contribution >= 0.6 is 0 Å². The van der Waals surface area contributed by atoms with E-state index >= 15 is 0 Å². The molecule has 2 N–H and O–H groups in total. The van der Waals surface area contributed by atoms with E-state index in [-0.39, 0.29) is 11.3 Å². The summed E-state index contributed by atoms with van der Waals surface area (Å²) in [6.07, 6.45) is 22.6. The Kier molecular flexibility index (Phi) is 15.8. The van der Waals surface area contributed by atoms with E-state index in [0.29, 0.717) is 18.0 Å². The summed E-state index contributed by atoms with van der Waals surface area (Å²) in [5, 5.41) is 12.0. The Labute approximate surface area is 223 Å². The molecule has 0 saturated carbocycles. The summed E-state index contributed by atoms with van der Waals surface area (Å²) in [5.41, 5.74) is 0.250. The summed E-state index contributed by atoms with van der Waals surface area (Å²) in [6.45, 7) is 2.85. The lowest BCUT2D eigenvalue weighted by Crippen LogP contribution is -2.18. The van der Waals surface area contributed by atoms with Gasteiger partial charge in [-0.2, -0.15) is 0 Å². The van der Waals surface area contributed by atoms with Gasteiger partial charge in [-0.25, -0.2) is 4.79 Å². The maximum absolute atomic E-state index is 12.6. The molecule has 2 rings (SSSR count). The van der Waals surface area contributed by atoms with E-state index in [2.05, 4.69) is 17.2 Å². The molecule has 0 aliphatic carbocycles. The highest BCUT2D eigenvalue weighted by atomic mass is 16.5. The van der Waals surface area contributed by atoms with Crippen LogP contribution in [0, 0.1) is 0 Å². The number of carbonyl (C=O) groups is 2. The number of carboxylic acids is 1. The number of carboxylic acid groups (broad SMARTS) is 1. The monoisotopic (exact) mass is 510 g/mol.